The van der Waals surface area contributed by atoms with Crippen LogP contribution in [0.25, 0.3) is 0 Å². The van der Waals surface area contributed by atoms with E-state index in [0.29, 0.717) is 5.25 Å². The number of benzene rings is 1. The molecule has 3 rings (SSSR count). The molecule has 1 aromatic rings. The molecule has 0 aromatic heterocycles. The summed E-state index contributed by atoms with van der Waals surface area (Å²) < 4.78 is 0. The van der Waals surface area contributed by atoms with Crippen molar-refractivity contribution in [2.45, 2.75) is 24.3 Å². The van der Waals surface area contributed by atoms with Crippen LogP contribution in [0.4, 0.5) is 0 Å². The minimum absolute atomic E-state index is 0.0776. The molecule has 1 saturated heterocycles. The summed E-state index contributed by atoms with van der Waals surface area (Å²) in [5.41, 5.74) is 2.62. The van der Waals surface area contributed by atoms with Crippen molar-refractivity contribution >= 4 is 29.4 Å². The molecule has 2 heterocycles. The number of nitrogens with one attached hydrogen (secondary N) is 2. The summed E-state index contributed by atoms with van der Waals surface area (Å²) in [5, 5.41) is 7.03. The van der Waals surface area contributed by atoms with Gasteiger partial charge in [0.05, 0.1) is 6.04 Å². The highest BCUT2D eigenvalue weighted by molar-refractivity contribution is 8.06. The molecule has 3 nitrogen and oxygen atoms in total. The lowest BCUT2D eigenvalue weighted by atomic mass is 9.95. The molecule has 2 aliphatic rings. The van der Waals surface area contributed by atoms with E-state index in [1.807, 2.05) is 23.5 Å². The first-order valence-electron chi connectivity index (χ1n) is 7.10. The average Bonchev–Trinajstić information content (AvgIpc) is 2.53. The van der Waals surface area contributed by atoms with Crippen LogP contribution in [-0.2, 0) is 17.8 Å². The fourth-order valence-electron chi connectivity index (χ4n) is 2.63. The number of fused-ring (bicyclic) bond motifs is 1. The lowest BCUT2D eigenvalue weighted by Crippen LogP contribution is -2.49. The third-order valence-corrected chi connectivity index (χ3v) is 6.63. The molecule has 2 aliphatic heterocycles. The molecule has 2 atom stereocenters. The van der Waals surface area contributed by atoms with Crippen LogP contribution in [0.3, 0.4) is 0 Å². The monoisotopic (exact) mass is 308 g/mol. The molecule has 0 aliphatic carbocycles. The predicted molar refractivity (Wildman–Crippen MR) is 87.4 cm³/mol. The van der Waals surface area contributed by atoms with Crippen LogP contribution < -0.4 is 10.6 Å². The molecule has 1 aromatic carbocycles. The van der Waals surface area contributed by atoms with Gasteiger partial charge in [0, 0.05) is 35.6 Å². The summed E-state index contributed by atoms with van der Waals surface area (Å²) in [6.07, 6.45) is 0.800. The van der Waals surface area contributed by atoms with Gasteiger partial charge in [-0.3, -0.25) is 4.79 Å². The third-order valence-electron chi connectivity index (χ3n) is 3.79. The number of thioether (sulfide) groups is 2. The molecule has 5 heteroatoms. The number of hydrogen-bond acceptors (Lipinski definition) is 4. The first-order chi connectivity index (χ1) is 9.83. The van der Waals surface area contributed by atoms with Crippen LogP contribution in [0.1, 0.15) is 11.1 Å². The number of rotatable bonds is 3. The Bertz CT molecular complexity index is 475. The molecule has 1 amide bonds. The maximum Gasteiger partial charge on any atom is 0.237 e. The molecule has 20 heavy (non-hydrogen) atoms. The van der Waals surface area contributed by atoms with Gasteiger partial charge in [0.2, 0.25) is 5.91 Å². The van der Waals surface area contributed by atoms with Crippen LogP contribution in [0.2, 0.25) is 0 Å². The van der Waals surface area contributed by atoms with Gasteiger partial charge in [-0.05, 0) is 17.5 Å². The summed E-state index contributed by atoms with van der Waals surface area (Å²) in [7, 11) is 0. The van der Waals surface area contributed by atoms with E-state index in [9.17, 15) is 4.79 Å². The first-order valence-corrected chi connectivity index (χ1v) is 9.30. The van der Waals surface area contributed by atoms with Gasteiger partial charge in [-0.15, -0.1) is 0 Å². The zero-order valence-corrected chi connectivity index (χ0v) is 13.1. The van der Waals surface area contributed by atoms with Gasteiger partial charge in [0.1, 0.15) is 0 Å². The van der Waals surface area contributed by atoms with E-state index in [2.05, 4.69) is 34.9 Å². The van der Waals surface area contributed by atoms with Crippen LogP contribution in [-0.4, -0.2) is 41.0 Å². The van der Waals surface area contributed by atoms with Crippen LogP contribution in [0.15, 0.2) is 24.3 Å². The van der Waals surface area contributed by atoms with Crippen molar-refractivity contribution in [2.24, 2.45) is 0 Å². The number of carbonyl (C=O) groups is 1. The molecule has 0 saturated carbocycles. The maximum absolute atomic E-state index is 12.3. The fraction of sp³-hybridized carbons (Fsp3) is 0.533. The molecule has 1 fully saturated rings. The number of hydrogen-bond donors (Lipinski definition) is 2. The van der Waals surface area contributed by atoms with E-state index in [0.717, 1.165) is 25.3 Å². The Morgan fingerprint density at radius 1 is 1.30 bits per heavy atom. The Morgan fingerprint density at radius 2 is 2.15 bits per heavy atom. The van der Waals surface area contributed by atoms with Crippen molar-refractivity contribution in [1.29, 1.82) is 0 Å². The lowest BCUT2D eigenvalue weighted by molar-refractivity contribution is -0.123. The van der Waals surface area contributed by atoms with Crippen molar-refractivity contribution in [3.63, 3.8) is 0 Å². The van der Waals surface area contributed by atoms with Crippen molar-refractivity contribution in [3.8, 4) is 0 Å². The second-order valence-electron chi connectivity index (χ2n) is 5.22. The van der Waals surface area contributed by atoms with Gasteiger partial charge in [-0.25, -0.2) is 0 Å². The molecule has 2 N–H and O–H groups in total. The van der Waals surface area contributed by atoms with Crippen LogP contribution >= 0.6 is 23.5 Å². The molecule has 0 bridgehead atoms. The topological polar surface area (TPSA) is 41.1 Å². The Hall–Kier alpha value is -0.650. The quantitative estimate of drug-likeness (QED) is 0.891. The maximum atomic E-state index is 12.3. The average molecular weight is 308 g/mol. The van der Waals surface area contributed by atoms with Crippen molar-refractivity contribution in [1.82, 2.24) is 10.6 Å². The molecule has 108 valence electrons. The standard InChI is InChI=1S/C15H20N2OS2/c18-15(17-9-13-10-19-5-6-20-13)14-7-11-3-1-2-4-12(11)8-16-14/h1-4,13-14,16H,5-10H2,(H,17,18)/t13?,14-/m1/s1. The molecule has 0 radical (unpaired) electrons. The molecule has 0 spiro atoms. The highest BCUT2D eigenvalue weighted by Gasteiger charge is 2.24. The van der Waals surface area contributed by atoms with Crippen molar-refractivity contribution < 1.29 is 4.79 Å². The summed E-state index contributed by atoms with van der Waals surface area (Å²) in [6.45, 7) is 1.60. The van der Waals surface area contributed by atoms with Crippen molar-refractivity contribution in [3.05, 3.63) is 35.4 Å². The summed E-state index contributed by atoms with van der Waals surface area (Å²) >= 11 is 3.98. The number of carbonyl (C=O) groups excluding carboxylic acids is 1. The zero-order chi connectivity index (χ0) is 13.8. The van der Waals surface area contributed by atoms with E-state index in [1.54, 1.807) is 0 Å². The molecule has 1 unspecified atom stereocenters. The van der Waals surface area contributed by atoms with E-state index in [4.69, 9.17) is 0 Å². The van der Waals surface area contributed by atoms with Crippen LogP contribution in [0, 0.1) is 0 Å². The van der Waals surface area contributed by atoms with Gasteiger partial charge >= 0.3 is 0 Å². The van der Waals surface area contributed by atoms with E-state index < -0.39 is 0 Å². The normalized spacial score (nSPS) is 25.8. The highest BCUT2D eigenvalue weighted by Crippen LogP contribution is 2.23. The largest absolute Gasteiger partial charge is 0.354 e. The van der Waals surface area contributed by atoms with Crippen molar-refractivity contribution in [2.75, 3.05) is 23.8 Å². The molecular weight excluding hydrogens is 288 g/mol. The Labute approximate surface area is 128 Å². The van der Waals surface area contributed by atoms with E-state index in [1.165, 1.54) is 22.6 Å². The second-order valence-corrected chi connectivity index (χ2v) is 7.78. The Morgan fingerprint density at radius 3 is 2.95 bits per heavy atom. The lowest BCUT2D eigenvalue weighted by Gasteiger charge is -2.27. The minimum Gasteiger partial charge on any atom is -0.354 e. The van der Waals surface area contributed by atoms with Gasteiger partial charge in [0.15, 0.2) is 0 Å². The van der Waals surface area contributed by atoms with Crippen LogP contribution in [0.5, 0.6) is 0 Å². The Kier molecular flexibility index (Phi) is 4.91. The first kappa shape index (κ1) is 14.3. The summed E-state index contributed by atoms with van der Waals surface area (Å²) in [4.78, 5) is 12.3. The van der Waals surface area contributed by atoms with E-state index >= 15 is 0 Å². The van der Waals surface area contributed by atoms with Gasteiger partial charge in [-0.2, -0.15) is 23.5 Å². The smallest absolute Gasteiger partial charge is 0.237 e. The SMILES string of the molecule is O=C(NCC1CSCCS1)[C@H]1Cc2ccccc2CN1. The second kappa shape index (κ2) is 6.87. The Balaban J connectivity index is 1.51. The number of amides is 1. The highest BCUT2D eigenvalue weighted by atomic mass is 32.2. The third kappa shape index (κ3) is 3.51. The van der Waals surface area contributed by atoms with Gasteiger partial charge in [-0.1, -0.05) is 24.3 Å². The van der Waals surface area contributed by atoms with Gasteiger partial charge in [0.25, 0.3) is 0 Å². The minimum atomic E-state index is -0.0776. The van der Waals surface area contributed by atoms with Gasteiger partial charge < -0.3 is 10.6 Å². The zero-order valence-electron chi connectivity index (χ0n) is 11.4. The fourth-order valence-corrected chi connectivity index (χ4v) is 5.24. The summed E-state index contributed by atoms with van der Waals surface area (Å²) in [5.74, 6) is 3.76. The van der Waals surface area contributed by atoms with E-state index in [-0.39, 0.29) is 11.9 Å². The predicted octanol–water partition coefficient (Wildman–Crippen LogP) is 1.67. The summed E-state index contributed by atoms with van der Waals surface area (Å²) in [6, 6.07) is 8.29. The molecular formula is C15H20N2OS2.